The molecule has 3 fully saturated rings. The number of likely N-dealkylation sites (tertiary alicyclic amines) is 1. The van der Waals surface area contributed by atoms with Crippen LogP contribution in [0.5, 0.6) is 0 Å². The van der Waals surface area contributed by atoms with Crippen LogP contribution >= 0.6 is 0 Å². The Balaban J connectivity index is 1.19. The molecule has 168 valence electrons. The Morgan fingerprint density at radius 2 is 1.81 bits per heavy atom. The van der Waals surface area contributed by atoms with Crippen molar-refractivity contribution in [2.75, 3.05) is 19.7 Å². The van der Waals surface area contributed by atoms with Crippen molar-refractivity contribution in [2.45, 2.75) is 63.0 Å². The molecule has 0 aliphatic carbocycles. The number of fused-ring (bicyclic) bond motifs is 2. The van der Waals surface area contributed by atoms with Gasteiger partial charge in [0.15, 0.2) is 6.29 Å². The van der Waals surface area contributed by atoms with E-state index >= 15 is 0 Å². The number of aliphatic hydroxyl groups excluding tert-OH is 2. The molecule has 0 saturated carbocycles. The summed E-state index contributed by atoms with van der Waals surface area (Å²) in [5.74, 6) is 1.94. The molecule has 7 nitrogen and oxygen atoms in total. The molecule has 7 heteroatoms. The van der Waals surface area contributed by atoms with Gasteiger partial charge in [0.2, 0.25) is 0 Å². The van der Waals surface area contributed by atoms with Gasteiger partial charge in [-0.1, -0.05) is 30.3 Å². The minimum absolute atomic E-state index is 0.115. The minimum atomic E-state index is -0.579. The summed E-state index contributed by atoms with van der Waals surface area (Å²) in [7, 11) is 0. The Labute approximate surface area is 182 Å². The molecule has 0 amide bonds. The lowest BCUT2D eigenvalue weighted by Gasteiger charge is -2.46. The van der Waals surface area contributed by atoms with Gasteiger partial charge < -0.3 is 29.4 Å². The Kier molecular flexibility index (Phi) is 6.41. The van der Waals surface area contributed by atoms with E-state index in [0.717, 1.165) is 38.1 Å². The van der Waals surface area contributed by atoms with Crippen molar-refractivity contribution in [1.82, 2.24) is 10.2 Å². The lowest BCUT2D eigenvalue weighted by Crippen LogP contribution is -2.65. The summed E-state index contributed by atoms with van der Waals surface area (Å²) < 4.78 is 17.6. The number of aliphatic hydroxyl groups is 2. The van der Waals surface area contributed by atoms with E-state index in [2.05, 4.69) is 40.5 Å². The summed E-state index contributed by atoms with van der Waals surface area (Å²) in [5.41, 5.74) is 1.40. The highest BCUT2D eigenvalue weighted by Crippen LogP contribution is 2.34. The number of nitrogens with one attached hydrogen (secondary N) is 1. The van der Waals surface area contributed by atoms with Crippen LogP contribution in [-0.2, 0) is 29.0 Å². The molecule has 3 saturated heterocycles. The van der Waals surface area contributed by atoms with Crippen molar-refractivity contribution in [2.24, 2.45) is 5.92 Å². The zero-order valence-electron chi connectivity index (χ0n) is 17.7. The van der Waals surface area contributed by atoms with E-state index in [0.29, 0.717) is 24.8 Å². The predicted octanol–water partition coefficient (Wildman–Crippen LogP) is 1.67. The van der Waals surface area contributed by atoms with Gasteiger partial charge in [-0.25, -0.2) is 0 Å². The predicted molar refractivity (Wildman–Crippen MR) is 114 cm³/mol. The van der Waals surface area contributed by atoms with Gasteiger partial charge in [0.1, 0.15) is 24.2 Å². The Morgan fingerprint density at radius 3 is 2.55 bits per heavy atom. The van der Waals surface area contributed by atoms with E-state index in [1.807, 2.05) is 6.07 Å². The van der Waals surface area contributed by atoms with E-state index in [9.17, 15) is 10.2 Å². The minimum Gasteiger partial charge on any atom is -0.462 e. The molecule has 3 aliphatic heterocycles. The monoisotopic (exact) mass is 428 g/mol. The quantitative estimate of drug-likeness (QED) is 0.618. The van der Waals surface area contributed by atoms with Crippen molar-refractivity contribution in [3.8, 4) is 0 Å². The first kappa shape index (κ1) is 21.1. The number of piperidine rings is 1. The lowest BCUT2D eigenvalue weighted by molar-refractivity contribution is -0.186. The number of rotatable bonds is 7. The van der Waals surface area contributed by atoms with Crippen LogP contribution in [0.15, 0.2) is 46.9 Å². The van der Waals surface area contributed by atoms with Crippen molar-refractivity contribution >= 4 is 0 Å². The molecule has 5 rings (SSSR count). The molecule has 0 spiro atoms. The van der Waals surface area contributed by atoms with Crippen LogP contribution in [0.4, 0.5) is 0 Å². The van der Waals surface area contributed by atoms with E-state index in [1.165, 1.54) is 5.56 Å². The summed E-state index contributed by atoms with van der Waals surface area (Å²) >= 11 is 0. The number of hydrogen-bond acceptors (Lipinski definition) is 7. The molecular formula is C24H32N2O5. The zero-order chi connectivity index (χ0) is 21.2. The Bertz CT molecular complexity index is 836. The number of hydrogen-bond donors (Lipinski definition) is 3. The average Bonchev–Trinajstić information content (AvgIpc) is 3.44. The molecule has 0 radical (unpaired) electrons. The van der Waals surface area contributed by atoms with Crippen LogP contribution in [0.2, 0.25) is 0 Å². The SMILES string of the molecule is OCc1ccc(CNC2C3COC(O3)C(N3CCC(Cc4ccccc4)CC3)C2O)o1. The van der Waals surface area contributed by atoms with Gasteiger partial charge in [-0.2, -0.15) is 0 Å². The molecule has 3 aliphatic rings. The third-order valence-corrected chi connectivity index (χ3v) is 6.95. The second-order valence-corrected chi connectivity index (χ2v) is 8.96. The van der Waals surface area contributed by atoms with Crippen molar-refractivity contribution in [3.63, 3.8) is 0 Å². The van der Waals surface area contributed by atoms with Gasteiger partial charge in [-0.3, -0.25) is 4.90 Å². The van der Waals surface area contributed by atoms with Crippen LogP contribution in [0.3, 0.4) is 0 Å². The molecule has 31 heavy (non-hydrogen) atoms. The van der Waals surface area contributed by atoms with Gasteiger partial charge in [-0.15, -0.1) is 0 Å². The highest BCUT2D eigenvalue weighted by Gasteiger charge is 2.52. The van der Waals surface area contributed by atoms with Crippen LogP contribution in [0.1, 0.15) is 29.9 Å². The maximum Gasteiger partial charge on any atom is 0.176 e. The molecule has 1 aromatic carbocycles. The second kappa shape index (κ2) is 9.40. The van der Waals surface area contributed by atoms with Gasteiger partial charge in [0.25, 0.3) is 0 Å². The molecule has 3 N–H and O–H groups in total. The van der Waals surface area contributed by atoms with Gasteiger partial charge >= 0.3 is 0 Å². The average molecular weight is 429 g/mol. The largest absolute Gasteiger partial charge is 0.462 e. The normalized spacial score (nSPS) is 31.9. The van der Waals surface area contributed by atoms with Crippen LogP contribution in [0, 0.1) is 5.92 Å². The molecule has 5 atom stereocenters. The fraction of sp³-hybridized carbons (Fsp3) is 0.583. The number of furan rings is 1. The van der Waals surface area contributed by atoms with Gasteiger partial charge in [-0.05, 0) is 56.0 Å². The zero-order valence-corrected chi connectivity index (χ0v) is 17.7. The summed E-state index contributed by atoms with van der Waals surface area (Å²) in [6.07, 6.45) is 2.23. The maximum absolute atomic E-state index is 11.3. The first-order valence-corrected chi connectivity index (χ1v) is 11.4. The fourth-order valence-corrected chi connectivity index (χ4v) is 5.26. The first-order valence-electron chi connectivity index (χ1n) is 11.4. The highest BCUT2D eigenvalue weighted by atomic mass is 16.7. The van der Waals surface area contributed by atoms with E-state index in [1.54, 1.807) is 6.07 Å². The van der Waals surface area contributed by atoms with Crippen molar-refractivity contribution in [3.05, 3.63) is 59.5 Å². The lowest BCUT2D eigenvalue weighted by atomic mass is 9.87. The standard InChI is InChI=1S/C24H32N2O5/c27-14-19-7-6-18(30-19)13-25-21-20-15-29-24(31-20)22(23(21)28)26-10-8-17(9-11-26)12-16-4-2-1-3-5-16/h1-7,17,20-25,27-28H,8-15H2. The smallest absolute Gasteiger partial charge is 0.176 e. The third kappa shape index (κ3) is 4.58. The molecule has 1 aromatic heterocycles. The van der Waals surface area contributed by atoms with E-state index in [4.69, 9.17) is 13.9 Å². The van der Waals surface area contributed by atoms with Crippen LogP contribution < -0.4 is 5.32 Å². The molecule has 2 aromatic rings. The summed E-state index contributed by atoms with van der Waals surface area (Å²) in [6, 6.07) is 13.9. The Hall–Kier alpha value is -1.74. The number of ether oxygens (including phenoxy) is 2. The van der Waals surface area contributed by atoms with Crippen LogP contribution in [0.25, 0.3) is 0 Å². The number of benzene rings is 1. The van der Waals surface area contributed by atoms with Crippen molar-refractivity contribution in [1.29, 1.82) is 0 Å². The maximum atomic E-state index is 11.3. The third-order valence-electron chi connectivity index (χ3n) is 6.95. The summed E-state index contributed by atoms with van der Waals surface area (Å²) in [5, 5.41) is 23.8. The second-order valence-electron chi connectivity index (χ2n) is 8.96. The molecular weight excluding hydrogens is 396 g/mol. The fourth-order valence-electron chi connectivity index (χ4n) is 5.26. The summed E-state index contributed by atoms with van der Waals surface area (Å²) in [6.45, 7) is 2.73. The molecule has 5 unspecified atom stereocenters. The van der Waals surface area contributed by atoms with E-state index < -0.39 is 6.10 Å². The van der Waals surface area contributed by atoms with Crippen LogP contribution in [-0.4, -0.2) is 65.4 Å². The van der Waals surface area contributed by atoms with Gasteiger partial charge in [0.05, 0.1) is 31.3 Å². The molecule has 2 bridgehead atoms. The highest BCUT2D eigenvalue weighted by molar-refractivity contribution is 5.15. The number of nitrogens with zero attached hydrogens (tertiary/aromatic N) is 1. The van der Waals surface area contributed by atoms with Crippen molar-refractivity contribution < 1.29 is 24.1 Å². The first-order chi connectivity index (χ1) is 15.2. The van der Waals surface area contributed by atoms with E-state index in [-0.39, 0.29) is 31.1 Å². The van der Waals surface area contributed by atoms with Gasteiger partial charge in [0, 0.05) is 0 Å². The summed E-state index contributed by atoms with van der Waals surface area (Å²) in [4.78, 5) is 2.35. The Morgan fingerprint density at radius 1 is 1.03 bits per heavy atom. The molecule has 4 heterocycles. The topological polar surface area (TPSA) is 87.3 Å².